The first-order valence-electron chi connectivity index (χ1n) is 8.81. The first-order valence-corrected chi connectivity index (χ1v) is 9.18. The molecule has 2 aromatic heterocycles. The lowest BCUT2D eigenvalue weighted by molar-refractivity contribution is -0.119. The van der Waals surface area contributed by atoms with E-state index in [1.807, 2.05) is 43.3 Å². The van der Waals surface area contributed by atoms with Crippen LogP contribution in [0.25, 0.3) is 0 Å². The zero-order valence-electron chi connectivity index (χ0n) is 15.1. The van der Waals surface area contributed by atoms with Gasteiger partial charge in [-0.2, -0.15) is 0 Å². The predicted octanol–water partition coefficient (Wildman–Crippen LogP) is 3.49. The van der Waals surface area contributed by atoms with E-state index in [1.54, 1.807) is 18.6 Å². The summed E-state index contributed by atoms with van der Waals surface area (Å²) in [5.74, 6) is 0.0469. The van der Waals surface area contributed by atoms with Crippen molar-refractivity contribution in [2.75, 3.05) is 0 Å². The van der Waals surface area contributed by atoms with Gasteiger partial charge in [-0.15, -0.1) is 0 Å². The zero-order chi connectivity index (χ0) is 19.2. The molecule has 1 amide bonds. The van der Waals surface area contributed by atoms with Gasteiger partial charge >= 0.3 is 0 Å². The number of primary amides is 1. The van der Waals surface area contributed by atoms with Crippen molar-refractivity contribution in [3.63, 3.8) is 0 Å². The Hall–Kier alpha value is -2.79. The Kier molecular flexibility index (Phi) is 6.14. The number of nitrogens with zero attached hydrogens (tertiary/aromatic N) is 3. The molecule has 0 spiro atoms. The van der Waals surface area contributed by atoms with E-state index < -0.39 is 0 Å². The van der Waals surface area contributed by atoms with Crippen molar-refractivity contribution in [3.05, 3.63) is 88.2 Å². The maximum Gasteiger partial charge on any atom is 0.224 e. The van der Waals surface area contributed by atoms with Crippen LogP contribution in [0.15, 0.2) is 55.0 Å². The molecule has 0 radical (unpaired) electrons. The van der Waals surface area contributed by atoms with Gasteiger partial charge in [0.15, 0.2) is 0 Å². The fraction of sp³-hybridized carbons (Fsp3) is 0.238. The van der Waals surface area contributed by atoms with Gasteiger partial charge in [0, 0.05) is 25.0 Å². The van der Waals surface area contributed by atoms with Gasteiger partial charge in [0.1, 0.15) is 5.82 Å². The molecule has 0 saturated carbocycles. The van der Waals surface area contributed by atoms with Crippen LogP contribution in [-0.4, -0.2) is 20.9 Å². The lowest BCUT2D eigenvalue weighted by atomic mass is 9.92. The summed E-state index contributed by atoms with van der Waals surface area (Å²) in [6.07, 6.45) is 7.17. The van der Waals surface area contributed by atoms with Gasteiger partial charge in [0.05, 0.1) is 16.6 Å². The number of carbonyl (C=O) groups excluding carboxylic acids is 1. The smallest absolute Gasteiger partial charge is 0.224 e. The minimum Gasteiger partial charge on any atom is -0.369 e. The van der Waals surface area contributed by atoms with Gasteiger partial charge in [0.2, 0.25) is 5.91 Å². The van der Waals surface area contributed by atoms with Gasteiger partial charge in [-0.25, -0.2) is 9.97 Å². The third kappa shape index (κ3) is 4.89. The van der Waals surface area contributed by atoms with Crippen molar-refractivity contribution in [2.24, 2.45) is 5.73 Å². The molecular weight excluding hydrogens is 360 g/mol. The monoisotopic (exact) mass is 380 g/mol. The maximum absolute atomic E-state index is 11.6. The number of halogens is 1. The van der Waals surface area contributed by atoms with Crippen molar-refractivity contribution in [1.82, 2.24) is 15.0 Å². The molecule has 5 nitrogen and oxygen atoms in total. The molecule has 1 unspecified atom stereocenters. The molecular formula is C21H21ClN4O. The molecule has 138 valence electrons. The Labute approximate surface area is 163 Å². The van der Waals surface area contributed by atoms with Crippen molar-refractivity contribution in [1.29, 1.82) is 0 Å². The van der Waals surface area contributed by atoms with E-state index in [9.17, 15) is 4.79 Å². The molecule has 0 saturated heterocycles. The van der Waals surface area contributed by atoms with Crippen LogP contribution in [0, 0.1) is 0 Å². The first-order chi connectivity index (χ1) is 13.0. The highest BCUT2D eigenvalue weighted by molar-refractivity contribution is 6.31. The molecule has 0 fully saturated rings. The predicted molar refractivity (Wildman–Crippen MR) is 106 cm³/mol. The average Bonchev–Trinajstić information content (AvgIpc) is 2.69. The minimum atomic E-state index is -0.332. The largest absolute Gasteiger partial charge is 0.369 e. The Balaban J connectivity index is 1.77. The zero-order valence-corrected chi connectivity index (χ0v) is 15.9. The van der Waals surface area contributed by atoms with Crippen molar-refractivity contribution >= 4 is 17.5 Å². The number of hydrogen-bond acceptors (Lipinski definition) is 4. The van der Waals surface area contributed by atoms with E-state index >= 15 is 0 Å². The van der Waals surface area contributed by atoms with Crippen LogP contribution in [0.3, 0.4) is 0 Å². The maximum atomic E-state index is 11.6. The van der Waals surface area contributed by atoms with E-state index in [0.717, 1.165) is 28.8 Å². The number of hydrogen-bond donors (Lipinski definition) is 1. The highest BCUT2D eigenvalue weighted by atomic mass is 35.5. The molecule has 2 heterocycles. The van der Waals surface area contributed by atoms with E-state index in [-0.39, 0.29) is 11.8 Å². The summed E-state index contributed by atoms with van der Waals surface area (Å²) in [7, 11) is 0. The van der Waals surface area contributed by atoms with Crippen LogP contribution in [0.5, 0.6) is 0 Å². The van der Waals surface area contributed by atoms with Gasteiger partial charge in [-0.1, -0.05) is 41.9 Å². The molecule has 2 N–H and O–H groups in total. The van der Waals surface area contributed by atoms with E-state index in [2.05, 4.69) is 15.0 Å². The minimum absolute atomic E-state index is 0.330. The van der Waals surface area contributed by atoms with Crippen LogP contribution >= 0.6 is 11.6 Å². The van der Waals surface area contributed by atoms with E-state index in [0.29, 0.717) is 23.7 Å². The number of pyridine rings is 1. The summed E-state index contributed by atoms with van der Waals surface area (Å²) >= 11 is 6.31. The summed E-state index contributed by atoms with van der Waals surface area (Å²) < 4.78 is 0. The van der Waals surface area contributed by atoms with Crippen LogP contribution in [0.2, 0.25) is 5.02 Å². The standard InChI is InChI=1S/C21H21ClN4O/c1-14(21(23)27)17-7-3-2-6-16(17)8-9-19-18(22)13-25-20(26-19)11-15-5-4-10-24-12-15/h2-7,10,12-14H,8-9,11H2,1H3,(H2,23,27). The second-order valence-corrected chi connectivity index (χ2v) is 6.85. The summed E-state index contributed by atoms with van der Waals surface area (Å²) in [5.41, 5.74) is 9.35. The van der Waals surface area contributed by atoms with Gasteiger partial charge in [-0.3, -0.25) is 9.78 Å². The highest BCUT2D eigenvalue weighted by Gasteiger charge is 2.16. The Morgan fingerprint density at radius 1 is 1.15 bits per heavy atom. The van der Waals surface area contributed by atoms with E-state index in [4.69, 9.17) is 17.3 Å². The molecule has 1 atom stereocenters. The van der Waals surface area contributed by atoms with Crippen LogP contribution in [-0.2, 0) is 24.1 Å². The molecule has 3 aromatic rings. The van der Waals surface area contributed by atoms with Crippen molar-refractivity contribution in [2.45, 2.75) is 32.1 Å². The summed E-state index contributed by atoms with van der Waals surface area (Å²) in [4.78, 5) is 24.6. The SMILES string of the molecule is CC(C(N)=O)c1ccccc1CCc1nc(Cc2cccnc2)ncc1Cl. The number of amides is 1. The number of rotatable bonds is 7. The van der Waals surface area contributed by atoms with Crippen molar-refractivity contribution < 1.29 is 4.79 Å². The molecule has 0 aliphatic rings. The molecule has 0 bridgehead atoms. The second kappa shape index (κ2) is 8.73. The number of aryl methyl sites for hydroxylation is 2. The fourth-order valence-electron chi connectivity index (χ4n) is 2.98. The number of nitrogens with two attached hydrogens (primary N) is 1. The second-order valence-electron chi connectivity index (χ2n) is 6.44. The quantitative estimate of drug-likeness (QED) is 0.680. The van der Waals surface area contributed by atoms with E-state index in [1.165, 1.54) is 0 Å². The van der Waals surface area contributed by atoms with Crippen LogP contribution < -0.4 is 5.73 Å². The molecule has 1 aromatic carbocycles. The Morgan fingerprint density at radius 3 is 2.70 bits per heavy atom. The highest BCUT2D eigenvalue weighted by Crippen LogP contribution is 2.22. The molecule has 0 aliphatic heterocycles. The fourth-order valence-corrected chi connectivity index (χ4v) is 3.17. The number of aromatic nitrogens is 3. The van der Waals surface area contributed by atoms with Gasteiger partial charge < -0.3 is 5.73 Å². The molecule has 0 aliphatic carbocycles. The molecule has 27 heavy (non-hydrogen) atoms. The average molecular weight is 381 g/mol. The summed E-state index contributed by atoms with van der Waals surface area (Å²) in [6, 6.07) is 11.7. The summed E-state index contributed by atoms with van der Waals surface area (Å²) in [5, 5.41) is 0.547. The third-order valence-corrected chi connectivity index (χ3v) is 4.85. The lowest BCUT2D eigenvalue weighted by Gasteiger charge is -2.14. The number of carbonyl (C=O) groups is 1. The third-order valence-electron chi connectivity index (χ3n) is 4.53. The van der Waals surface area contributed by atoms with Gasteiger partial charge in [-0.05, 0) is 42.5 Å². The lowest BCUT2D eigenvalue weighted by Crippen LogP contribution is -2.20. The Morgan fingerprint density at radius 2 is 1.96 bits per heavy atom. The summed E-state index contributed by atoms with van der Waals surface area (Å²) in [6.45, 7) is 1.82. The molecule has 3 rings (SSSR count). The van der Waals surface area contributed by atoms with Crippen LogP contribution in [0.1, 0.15) is 41.1 Å². The van der Waals surface area contributed by atoms with Gasteiger partial charge in [0.25, 0.3) is 0 Å². The van der Waals surface area contributed by atoms with Crippen molar-refractivity contribution in [3.8, 4) is 0 Å². The number of benzene rings is 1. The molecule has 6 heteroatoms. The first kappa shape index (κ1) is 19.0. The Bertz CT molecular complexity index is 930. The normalized spacial score (nSPS) is 11.9. The topological polar surface area (TPSA) is 81.8 Å². The van der Waals surface area contributed by atoms with Crippen LogP contribution in [0.4, 0.5) is 0 Å².